The van der Waals surface area contributed by atoms with Crippen LogP contribution in [0.15, 0.2) is 29.7 Å². The van der Waals surface area contributed by atoms with Crippen LogP contribution in [0, 0.1) is 13.8 Å². The lowest BCUT2D eigenvalue weighted by molar-refractivity contribution is -0.121. The summed E-state index contributed by atoms with van der Waals surface area (Å²) in [5.41, 5.74) is 3.50. The predicted octanol–water partition coefficient (Wildman–Crippen LogP) is 1.66. The van der Waals surface area contributed by atoms with E-state index < -0.39 is 9.84 Å². The highest BCUT2D eigenvalue weighted by molar-refractivity contribution is 7.94. The first-order valence-corrected chi connectivity index (χ1v) is 8.33. The molecule has 0 unspecified atom stereocenters. The van der Waals surface area contributed by atoms with Crippen molar-refractivity contribution < 1.29 is 13.2 Å². The fourth-order valence-corrected chi connectivity index (χ4v) is 3.65. The second-order valence-electron chi connectivity index (χ2n) is 5.33. The van der Waals surface area contributed by atoms with Gasteiger partial charge in [0.25, 0.3) is 0 Å². The molecule has 1 aromatic rings. The van der Waals surface area contributed by atoms with E-state index in [0.29, 0.717) is 12.8 Å². The van der Waals surface area contributed by atoms with Gasteiger partial charge in [-0.3, -0.25) is 4.79 Å². The van der Waals surface area contributed by atoms with Crippen LogP contribution < -0.4 is 5.32 Å². The number of amides is 1. The lowest BCUT2D eigenvalue weighted by Crippen LogP contribution is -2.35. The van der Waals surface area contributed by atoms with E-state index in [1.165, 1.54) is 22.6 Å². The van der Waals surface area contributed by atoms with Crippen molar-refractivity contribution in [1.29, 1.82) is 0 Å². The van der Waals surface area contributed by atoms with Crippen molar-refractivity contribution in [3.8, 4) is 0 Å². The maximum Gasteiger partial charge on any atom is 0.220 e. The Morgan fingerprint density at radius 3 is 2.45 bits per heavy atom. The Balaban J connectivity index is 1.85. The Hall–Kier alpha value is -1.62. The fourth-order valence-electron chi connectivity index (χ4n) is 2.42. The number of hydrogen-bond donors (Lipinski definition) is 1. The van der Waals surface area contributed by atoms with E-state index in [4.69, 9.17) is 0 Å². The van der Waals surface area contributed by atoms with Crippen LogP contribution in [-0.2, 0) is 21.1 Å². The van der Waals surface area contributed by atoms with Crippen molar-refractivity contribution in [1.82, 2.24) is 5.32 Å². The van der Waals surface area contributed by atoms with E-state index in [9.17, 15) is 13.2 Å². The average molecular weight is 293 g/mol. The molecule has 0 fully saturated rings. The van der Waals surface area contributed by atoms with Gasteiger partial charge in [0.05, 0.1) is 11.8 Å². The quantitative estimate of drug-likeness (QED) is 0.918. The van der Waals surface area contributed by atoms with E-state index in [1.54, 1.807) is 0 Å². The van der Waals surface area contributed by atoms with Gasteiger partial charge in [0.15, 0.2) is 9.84 Å². The highest BCUT2D eigenvalue weighted by atomic mass is 32.2. The second kappa shape index (κ2) is 5.79. The molecule has 0 saturated heterocycles. The van der Waals surface area contributed by atoms with Crippen molar-refractivity contribution in [2.75, 3.05) is 5.75 Å². The summed E-state index contributed by atoms with van der Waals surface area (Å²) >= 11 is 0. The van der Waals surface area contributed by atoms with Gasteiger partial charge >= 0.3 is 0 Å². The van der Waals surface area contributed by atoms with Crippen LogP contribution in [-0.4, -0.2) is 26.1 Å². The first-order chi connectivity index (χ1) is 9.34. The molecule has 0 saturated carbocycles. The van der Waals surface area contributed by atoms with Crippen molar-refractivity contribution in [3.63, 3.8) is 0 Å². The SMILES string of the molecule is Cc1cc(C)cc(CCC(=O)N[C@H]2C=CS(=O)(=O)C2)c1. The third-order valence-electron chi connectivity index (χ3n) is 3.20. The number of sulfone groups is 1. The minimum atomic E-state index is -3.11. The highest BCUT2D eigenvalue weighted by Crippen LogP contribution is 2.12. The number of carbonyl (C=O) groups excluding carboxylic acids is 1. The molecule has 0 spiro atoms. The van der Waals surface area contributed by atoms with Gasteiger partial charge in [-0.15, -0.1) is 0 Å². The molecule has 5 heteroatoms. The number of nitrogens with one attached hydrogen (secondary N) is 1. The molecule has 20 heavy (non-hydrogen) atoms. The summed E-state index contributed by atoms with van der Waals surface area (Å²) in [6.45, 7) is 4.06. The van der Waals surface area contributed by atoms with Crippen LogP contribution in [0.2, 0.25) is 0 Å². The zero-order valence-corrected chi connectivity index (χ0v) is 12.5. The van der Waals surface area contributed by atoms with E-state index in [1.807, 2.05) is 13.8 Å². The zero-order chi connectivity index (χ0) is 14.8. The fraction of sp³-hybridized carbons (Fsp3) is 0.400. The topological polar surface area (TPSA) is 63.2 Å². The summed E-state index contributed by atoms with van der Waals surface area (Å²) in [6, 6.07) is 5.85. The summed E-state index contributed by atoms with van der Waals surface area (Å²) in [5, 5.41) is 3.90. The van der Waals surface area contributed by atoms with Gasteiger partial charge < -0.3 is 5.32 Å². The Morgan fingerprint density at radius 2 is 1.90 bits per heavy atom. The second-order valence-corrected chi connectivity index (χ2v) is 7.26. The Bertz CT molecular complexity index is 627. The average Bonchev–Trinajstić information content (AvgIpc) is 2.65. The molecule has 1 heterocycles. The molecule has 1 aliphatic rings. The van der Waals surface area contributed by atoms with Gasteiger partial charge in [-0.05, 0) is 31.9 Å². The van der Waals surface area contributed by atoms with E-state index >= 15 is 0 Å². The third kappa shape index (κ3) is 4.20. The van der Waals surface area contributed by atoms with Gasteiger partial charge in [-0.1, -0.05) is 29.3 Å². The summed E-state index contributed by atoms with van der Waals surface area (Å²) in [4.78, 5) is 11.8. The molecule has 0 aliphatic carbocycles. The molecular weight excluding hydrogens is 274 g/mol. The Labute approximate surface area is 119 Å². The van der Waals surface area contributed by atoms with Crippen LogP contribution in [0.3, 0.4) is 0 Å². The summed E-state index contributed by atoms with van der Waals surface area (Å²) in [7, 11) is -3.11. The van der Waals surface area contributed by atoms with Crippen LogP contribution in [0.25, 0.3) is 0 Å². The molecule has 108 valence electrons. The van der Waals surface area contributed by atoms with Crippen LogP contribution >= 0.6 is 0 Å². The van der Waals surface area contributed by atoms with Crippen molar-refractivity contribution in [3.05, 3.63) is 46.4 Å². The Morgan fingerprint density at radius 1 is 1.25 bits per heavy atom. The van der Waals surface area contributed by atoms with Crippen molar-refractivity contribution in [2.24, 2.45) is 0 Å². The lowest BCUT2D eigenvalue weighted by atomic mass is 10.0. The van der Waals surface area contributed by atoms with Gasteiger partial charge in [0, 0.05) is 11.8 Å². The highest BCUT2D eigenvalue weighted by Gasteiger charge is 2.22. The predicted molar refractivity (Wildman–Crippen MR) is 79.1 cm³/mol. The molecule has 1 amide bonds. The maximum absolute atomic E-state index is 11.8. The van der Waals surface area contributed by atoms with Crippen molar-refractivity contribution >= 4 is 15.7 Å². The summed E-state index contributed by atoms with van der Waals surface area (Å²) in [6.07, 6.45) is 2.56. The van der Waals surface area contributed by atoms with Crippen molar-refractivity contribution in [2.45, 2.75) is 32.7 Å². The number of benzene rings is 1. The first kappa shape index (κ1) is 14.8. The minimum Gasteiger partial charge on any atom is -0.349 e. The number of rotatable bonds is 4. The van der Waals surface area contributed by atoms with Crippen LogP contribution in [0.1, 0.15) is 23.1 Å². The number of hydrogen-bond acceptors (Lipinski definition) is 3. The van der Waals surface area contributed by atoms with Crippen LogP contribution in [0.5, 0.6) is 0 Å². The smallest absolute Gasteiger partial charge is 0.220 e. The normalized spacial score (nSPS) is 20.0. The van der Waals surface area contributed by atoms with E-state index in [0.717, 1.165) is 5.56 Å². The lowest BCUT2D eigenvalue weighted by Gasteiger charge is -2.10. The van der Waals surface area contributed by atoms with Gasteiger partial charge in [0.2, 0.25) is 5.91 Å². The standard InChI is InChI=1S/C15H19NO3S/c1-11-7-12(2)9-13(8-11)3-4-15(17)16-14-5-6-20(18,19)10-14/h5-9,14H,3-4,10H2,1-2H3,(H,16,17)/t14-/m0/s1. The van der Waals surface area contributed by atoms with Gasteiger partial charge in [0.1, 0.15) is 0 Å². The summed E-state index contributed by atoms with van der Waals surface area (Å²) in [5.74, 6) is -0.140. The molecule has 0 bridgehead atoms. The van der Waals surface area contributed by atoms with Gasteiger partial charge in [-0.25, -0.2) is 8.42 Å². The number of carbonyl (C=O) groups is 1. The number of aryl methyl sites for hydroxylation is 3. The molecule has 0 radical (unpaired) electrons. The Kier molecular flexibility index (Phi) is 4.28. The molecule has 0 aromatic heterocycles. The molecule has 1 aromatic carbocycles. The van der Waals surface area contributed by atoms with E-state index in [2.05, 4.69) is 23.5 Å². The molecule has 4 nitrogen and oxygen atoms in total. The minimum absolute atomic E-state index is 0.0255. The van der Waals surface area contributed by atoms with E-state index in [-0.39, 0.29) is 17.7 Å². The first-order valence-electron chi connectivity index (χ1n) is 6.61. The maximum atomic E-state index is 11.8. The molecule has 1 atom stereocenters. The molecule has 2 rings (SSSR count). The zero-order valence-electron chi connectivity index (χ0n) is 11.7. The molecule has 1 N–H and O–H groups in total. The molecular formula is C15H19NO3S. The third-order valence-corrected chi connectivity index (χ3v) is 4.59. The molecule has 1 aliphatic heterocycles. The van der Waals surface area contributed by atoms with Gasteiger partial charge in [-0.2, -0.15) is 0 Å². The summed E-state index contributed by atoms with van der Waals surface area (Å²) < 4.78 is 22.5. The largest absolute Gasteiger partial charge is 0.349 e. The van der Waals surface area contributed by atoms with Crippen LogP contribution in [0.4, 0.5) is 0 Å². The monoisotopic (exact) mass is 293 g/mol.